The summed E-state index contributed by atoms with van der Waals surface area (Å²) in [6.45, 7) is 6.66. The molecule has 1 saturated heterocycles. The Balaban J connectivity index is 1.41. The number of hydrogen-bond acceptors (Lipinski definition) is 4. The Bertz CT molecular complexity index is 851. The van der Waals surface area contributed by atoms with Gasteiger partial charge in [0.1, 0.15) is 13.2 Å². The zero-order valence-corrected chi connectivity index (χ0v) is 16.6. The molecule has 5 heteroatoms. The number of fused-ring (bicyclic) bond motifs is 1. The molecule has 0 aromatic heterocycles. The molecular formula is C23H28N2O3. The second-order valence-electron chi connectivity index (χ2n) is 7.68. The number of aryl methyl sites for hydroxylation is 1. The normalized spacial score (nSPS) is 20.0. The van der Waals surface area contributed by atoms with Crippen LogP contribution in [0.2, 0.25) is 0 Å². The van der Waals surface area contributed by atoms with E-state index in [-0.39, 0.29) is 18.0 Å². The molecule has 148 valence electrons. The van der Waals surface area contributed by atoms with Gasteiger partial charge in [-0.1, -0.05) is 30.3 Å². The van der Waals surface area contributed by atoms with Crippen molar-refractivity contribution < 1.29 is 14.3 Å². The van der Waals surface area contributed by atoms with Crippen LogP contribution >= 0.6 is 0 Å². The van der Waals surface area contributed by atoms with E-state index in [0.717, 1.165) is 30.9 Å². The number of carbonyl (C=O) groups is 1. The largest absolute Gasteiger partial charge is 0.486 e. The second-order valence-corrected chi connectivity index (χ2v) is 7.68. The van der Waals surface area contributed by atoms with Gasteiger partial charge in [0.25, 0.3) is 0 Å². The fourth-order valence-corrected chi connectivity index (χ4v) is 4.28. The minimum atomic E-state index is 0.00375. The summed E-state index contributed by atoms with van der Waals surface area (Å²) in [4.78, 5) is 15.0. The van der Waals surface area contributed by atoms with Crippen LogP contribution in [0.25, 0.3) is 0 Å². The molecule has 28 heavy (non-hydrogen) atoms. The third-order valence-corrected chi connectivity index (χ3v) is 5.69. The summed E-state index contributed by atoms with van der Waals surface area (Å²) in [7, 11) is 0. The Morgan fingerprint density at radius 1 is 1.18 bits per heavy atom. The van der Waals surface area contributed by atoms with Crippen LogP contribution in [0.1, 0.15) is 48.5 Å². The standard InChI is InChI=1S/C23H28N2O3/c1-16-6-3-4-7-19(16)17(2)24-23(26)15-25-11-5-8-20(25)18-9-10-21-22(14-18)28-13-12-27-21/h3-4,6-7,9-10,14,17,20H,5,8,11-13,15H2,1-2H3,(H,24,26)/t17-,20+/m1/s1. The number of nitrogens with one attached hydrogen (secondary N) is 1. The zero-order chi connectivity index (χ0) is 19.5. The fraction of sp³-hybridized carbons (Fsp3) is 0.435. The molecule has 1 N–H and O–H groups in total. The first-order valence-corrected chi connectivity index (χ1v) is 10.1. The van der Waals surface area contributed by atoms with Gasteiger partial charge in [0, 0.05) is 6.04 Å². The van der Waals surface area contributed by atoms with Crippen LogP contribution in [0.4, 0.5) is 0 Å². The second kappa shape index (κ2) is 8.23. The highest BCUT2D eigenvalue weighted by molar-refractivity contribution is 5.78. The summed E-state index contributed by atoms with van der Waals surface area (Å²) in [6.07, 6.45) is 2.15. The number of benzene rings is 2. The topological polar surface area (TPSA) is 50.8 Å². The van der Waals surface area contributed by atoms with Gasteiger partial charge in [-0.25, -0.2) is 0 Å². The Hall–Kier alpha value is -2.53. The van der Waals surface area contributed by atoms with E-state index in [1.54, 1.807) is 0 Å². The Morgan fingerprint density at radius 3 is 2.79 bits per heavy atom. The average molecular weight is 380 g/mol. The highest BCUT2D eigenvalue weighted by Crippen LogP contribution is 2.37. The Kier molecular flexibility index (Phi) is 5.53. The fourth-order valence-electron chi connectivity index (χ4n) is 4.28. The van der Waals surface area contributed by atoms with Gasteiger partial charge in [-0.15, -0.1) is 0 Å². The molecule has 1 fully saturated rings. The summed E-state index contributed by atoms with van der Waals surface area (Å²) in [5.41, 5.74) is 3.56. The maximum atomic E-state index is 12.7. The molecular weight excluding hydrogens is 352 g/mol. The van der Waals surface area contributed by atoms with E-state index in [0.29, 0.717) is 19.8 Å². The highest BCUT2D eigenvalue weighted by Gasteiger charge is 2.29. The van der Waals surface area contributed by atoms with E-state index in [4.69, 9.17) is 9.47 Å². The van der Waals surface area contributed by atoms with Crippen molar-refractivity contribution in [1.82, 2.24) is 10.2 Å². The molecule has 5 nitrogen and oxygen atoms in total. The molecule has 0 bridgehead atoms. The molecule has 0 aliphatic carbocycles. The van der Waals surface area contributed by atoms with Gasteiger partial charge in [0.2, 0.25) is 5.91 Å². The monoisotopic (exact) mass is 380 g/mol. The molecule has 2 heterocycles. The van der Waals surface area contributed by atoms with Gasteiger partial charge in [-0.3, -0.25) is 9.69 Å². The van der Waals surface area contributed by atoms with Gasteiger partial charge in [-0.05, 0) is 62.1 Å². The first-order chi connectivity index (χ1) is 13.6. The third kappa shape index (κ3) is 3.99. The number of ether oxygens (including phenoxy) is 2. The molecule has 4 rings (SSSR count). The van der Waals surface area contributed by atoms with Gasteiger partial charge in [-0.2, -0.15) is 0 Å². The number of rotatable bonds is 5. The molecule has 2 aromatic rings. The number of carbonyl (C=O) groups excluding carboxylic acids is 1. The summed E-state index contributed by atoms with van der Waals surface area (Å²) in [6, 6.07) is 14.6. The Morgan fingerprint density at radius 2 is 1.96 bits per heavy atom. The number of hydrogen-bond donors (Lipinski definition) is 1. The number of amides is 1. The quantitative estimate of drug-likeness (QED) is 0.858. The summed E-state index contributed by atoms with van der Waals surface area (Å²) in [5, 5.41) is 3.16. The van der Waals surface area contributed by atoms with Crippen LogP contribution < -0.4 is 14.8 Å². The molecule has 1 amide bonds. The first-order valence-electron chi connectivity index (χ1n) is 10.1. The van der Waals surface area contributed by atoms with Crippen LogP contribution in [0.3, 0.4) is 0 Å². The van der Waals surface area contributed by atoms with E-state index < -0.39 is 0 Å². The van der Waals surface area contributed by atoms with Crippen molar-refractivity contribution in [3.8, 4) is 11.5 Å². The van der Waals surface area contributed by atoms with Gasteiger partial charge < -0.3 is 14.8 Å². The van der Waals surface area contributed by atoms with Gasteiger partial charge in [0.05, 0.1) is 12.6 Å². The van der Waals surface area contributed by atoms with E-state index in [1.807, 2.05) is 25.1 Å². The zero-order valence-electron chi connectivity index (χ0n) is 16.6. The van der Waals surface area contributed by atoms with Gasteiger partial charge >= 0.3 is 0 Å². The lowest BCUT2D eigenvalue weighted by Crippen LogP contribution is -2.38. The molecule has 0 saturated carbocycles. The van der Waals surface area contributed by atoms with Crippen molar-refractivity contribution in [2.45, 2.75) is 38.8 Å². The number of nitrogens with zero attached hydrogens (tertiary/aromatic N) is 1. The lowest BCUT2D eigenvalue weighted by molar-refractivity contribution is -0.123. The maximum Gasteiger partial charge on any atom is 0.234 e. The summed E-state index contributed by atoms with van der Waals surface area (Å²) < 4.78 is 11.4. The smallest absolute Gasteiger partial charge is 0.234 e. The van der Waals surface area contributed by atoms with Crippen molar-refractivity contribution in [1.29, 1.82) is 0 Å². The van der Waals surface area contributed by atoms with Crippen LogP contribution in [-0.2, 0) is 4.79 Å². The Labute approximate surface area is 166 Å². The predicted molar refractivity (Wildman–Crippen MR) is 109 cm³/mol. The maximum absolute atomic E-state index is 12.7. The van der Waals surface area contributed by atoms with Crippen molar-refractivity contribution >= 4 is 5.91 Å². The van der Waals surface area contributed by atoms with E-state index in [9.17, 15) is 4.79 Å². The SMILES string of the molecule is Cc1ccccc1[C@@H](C)NC(=O)CN1CCC[C@H]1c1ccc2c(c1)OCCO2. The molecule has 2 aliphatic heterocycles. The lowest BCUT2D eigenvalue weighted by Gasteiger charge is -2.27. The van der Waals surface area contributed by atoms with E-state index in [1.165, 1.54) is 16.7 Å². The summed E-state index contributed by atoms with van der Waals surface area (Å²) in [5.74, 6) is 1.69. The van der Waals surface area contributed by atoms with Crippen LogP contribution in [0, 0.1) is 6.92 Å². The van der Waals surface area contributed by atoms with Crippen LogP contribution in [-0.4, -0.2) is 37.1 Å². The summed E-state index contributed by atoms with van der Waals surface area (Å²) >= 11 is 0. The molecule has 0 spiro atoms. The minimum absolute atomic E-state index is 0.00375. The molecule has 0 radical (unpaired) electrons. The third-order valence-electron chi connectivity index (χ3n) is 5.69. The van der Waals surface area contributed by atoms with E-state index >= 15 is 0 Å². The van der Waals surface area contributed by atoms with Crippen molar-refractivity contribution in [3.05, 3.63) is 59.2 Å². The van der Waals surface area contributed by atoms with Crippen molar-refractivity contribution in [2.75, 3.05) is 26.3 Å². The van der Waals surface area contributed by atoms with Crippen molar-refractivity contribution in [3.63, 3.8) is 0 Å². The predicted octanol–water partition coefficient (Wildman–Crippen LogP) is 3.78. The van der Waals surface area contributed by atoms with Gasteiger partial charge in [0.15, 0.2) is 11.5 Å². The number of likely N-dealkylation sites (tertiary alicyclic amines) is 1. The molecule has 2 aromatic carbocycles. The first kappa shape index (κ1) is 18.8. The van der Waals surface area contributed by atoms with Crippen LogP contribution in [0.5, 0.6) is 11.5 Å². The lowest BCUT2D eigenvalue weighted by atomic mass is 10.0. The van der Waals surface area contributed by atoms with Crippen molar-refractivity contribution in [2.24, 2.45) is 0 Å². The average Bonchev–Trinajstić information content (AvgIpc) is 3.15. The van der Waals surface area contributed by atoms with Crippen LogP contribution in [0.15, 0.2) is 42.5 Å². The van der Waals surface area contributed by atoms with E-state index in [2.05, 4.69) is 41.4 Å². The highest BCUT2D eigenvalue weighted by atomic mass is 16.6. The minimum Gasteiger partial charge on any atom is -0.486 e. The molecule has 0 unspecified atom stereocenters. The molecule has 2 atom stereocenters. The molecule has 2 aliphatic rings.